The van der Waals surface area contributed by atoms with Gasteiger partial charge in [-0.25, -0.2) is 4.79 Å². The van der Waals surface area contributed by atoms with E-state index in [0.717, 1.165) is 18.3 Å². The van der Waals surface area contributed by atoms with Crippen molar-refractivity contribution in [3.05, 3.63) is 12.7 Å². The van der Waals surface area contributed by atoms with Crippen molar-refractivity contribution in [2.24, 2.45) is 28.6 Å². The second-order valence-corrected chi connectivity index (χ2v) is 7.41. The average molecular weight is 264 g/mol. The third-order valence-corrected chi connectivity index (χ3v) is 6.44. The highest BCUT2D eigenvalue weighted by atomic mass is 16.5. The van der Waals surface area contributed by atoms with E-state index >= 15 is 0 Å². The first kappa shape index (κ1) is 14.6. The lowest BCUT2D eigenvalue weighted by Gasteiger charge is -2.42. The van der Waals surface area contributed by atoms with Gasteiger partial charge in [0.05, 0.1) is 6.61 Å². The van der Waals surface area contributed by atoms with Crippen LogP contribution in [0, 0.1) is 28.6 Å². The van der Waals surface area contributed by atoms with E-state index in [1.54, 1.807) is 0 Å². The highest BCUT2D eigenvalue weighted by molar-refractivity contribution is 5.81. The fraction of sp³-hybridized carbons (Fsp3) is 0.824. The number of fused-ring (bicyclic) bond motifs is 1. The Labute approximate surface area is 117 Å². The molecule has 108 valence electrons. The Bertz CT molecular complexity index is 367. The van der Waals surface area contributed by atoms with Crippen LogP contribution in [0.15, 0.2) is 12.7 Å². The van der Waals surface area contributed by atoms with Crippen LogP contribution in [0.1, 0.15) is 53.4 Å². The van der Waals surface area contributed by atoms with E-state index in [9.17, 15) is 4.79 Å². The lowest BCUT2D eigenvalue weighted by molar-refractivity contribution is -0.138. The standard InChI is InChI=1S/C17H28O2/c1-6-15(18)19-11-10-14-12-8-7-9-13(12)16(2,3)17(14,4)5/h6,12-14H,1,7-11H2,2-5H3. The average Bonchev–Trinajstić information content (AvgIpc) is 2.86. The van der Waals surface area contributed by atoms with Gasteiger partial charge in [-0.2, -0.15) is 0 Å². The Kier molecular flexibility index (Phi) is 3.81. The zero-order valence-electron chi connectivity index (χ0n) is 12.9. The maximum Gasteiger partial charge on any atom is 0.330 e. The van der Waals surface area contributed by atoms with Gasteiger partial charge in [-0.1, -0.05) is 40.7 Å². The highest BCUT2D eigenvalue weighted by Gasteiger charge is 2.60. The first-order valence-electron chi connectivity index (χ1n) is 7.61. The Morgan fingerprint density at radius 2 is 1.95 bits per heavy atom. The van der Waals surface area contributed by atoms with Crippen LogP contribution in [0.25, 0.3) is 0 Å². The molecule has 0 N–H and O–H groups in total. The van der Waals surface area contributed by atoms with Crippen LogP contribution in [-0.2, 0) is 9.53 Å². The van der Waals surface area contributed by atoms with Crippen molar-refractivity contribution >= 4 is 5.97 Å². The molecule has 19 heavy (non-hydrogen) atoms. The van der Waals surface area contributed by atoms with E-state index in [2.05, 4.69) is 34.3 Å². The summed E-state index contributed by atoms with van der Waals surface area (Å²) in [4.78, 5) is 11.2. The van der Waals surface area contributed by atoms with Crippen LogP contribution >= 0.6 is 0 Å². The minimum absolute atomic E-state index is 0.293. The Hall–Kier alpha value is -0.790. The molecule has 3 unspecified atom stereocenters. The van der Waals surface area contributed by atoms with Gasteiger partial charge in [0, 0.05) is 6.08 Å². The summed E-state index contributed by atoms with van der Waals surface area (Å²) >= 11 is 0. The first-order valence-corrected chi connectivity index (χ1v) is 7.61. The van der Waals surface area contributed by atoms with Crippen molar-refractivity contribution in [1.82, 2.24) is 0 Å². The first-order chi connectivity index (χ1) is 8.82. The molecule has 0 aromatic rings. The fourth-order valence-electron chi connectivity index (χ4n) is 4.78. The van der Waals surface area contributed by atoms with Crippen molar-refractivity contribution in [3.63, 3.8) is 0 Å². The second-order valence-electron chi connectivity index (χ2n) is 7.41. The molecule has 2 heteroatoms. The van der Waals surface area contributed by atoms with Gasteiger partial charge in [0.15, 0.2) is 0 Å². The molecule has 0 aromatic heterocycles. The van der Waals surface area contributed by atoms with Crippen LogP contribution < -0.4 is 0 Å². The Balaban J connectivity index is 2.06. The molecule has 2 rings (SSSR count). The Morgan fingerprint density at radius 1 is 1.26 bits per heavy atom. The summed E-state index contributed by atoms with van der Waals surface area (Å²) in [5.41, 5.74) is 0.713. The summed E-state index contributed by atoms with van der Waals surface area (Å²) in [6.45, 7) is 13.7. The molecule has 0 aliphatic heterocycles. The van der Waals surface area contributed by atoms with E-state index in [-0.39, 0.29) is 5.97 Å². The molecule has 2 saturated carbocycles. The monoisotopic (exact) mass is 264 g/mol. The van der Waals surface area contributed by atoms with E-state index in [1.165, 1.54) is 25.3 Å². The van der Waals surface area contributed by atoms with Gasteiger partial charge in [-0.15, -0.1) is 0 Å². The topological polar surface area (TPSA) is 26.3 Å². The molecule has 0 heterocycles. The number of ether oxygens (including phenoxy) is 1. The summed E-state index contributed by atoms with van der Waals surface area (Å²) in [7, 11) is 0. The Morgan fingerprint density at radius 3 is 2.58 bits per heavy atom. The minimum atomic E-state index is -0.293. The highest BCUT2D eigenvalue weighted by Crippen LogP contribution is 2.67. The molecule has 0 radical (unpaired) electrons. The molecular weight excluding hydrogens is 236 g/mol. The largest absolute Gasteiger partial charge is 0.463 e. The summed E-state index contributed by atoms with van der Waals surface area (Å²) in [6.07, 6.45) is 6.36. The SMILES string of the molecule is C=CC(=O)OCCC1C2CCCC2C(C)(C)C1(C)C. The van der Waals surface area contributed by atoms with E-state index in [1.807, 2.05) is 0 Å². The summed E-state index contributed by atoms with van der Waals surface area (Å²) in [6, 6.07) is 0. The van der Waals surface area contributed by atoms with E-state index in [4.69, 9.17) is 4.74 Å². The van der Waals surface area contributed by atoms with Crippen molar-refractivity contribution in [1.29, 1.82) is 0 Å². The summed E-state index contributed by atoms with van der Waals surface area (Å²) in [5, 5.41) is 0. The number of rotatable bonds is 4. The zero-order valence-corrected chi connectivity index (χ0v) is 12.9. The summed E-state index contributed by atoms with van der Waals surface area (Å²) < 4.78 is 5.21. The lowest BCUT2D eigenvalue weighted by Crippen LogP contribution is -2.35. The van der Waals surface area contributed by atoms with Gasteiger partial charge in [-0.3, -0.25) is 0 Å². The molecule has 2 nitrogen and oxygen atoms in total. The third kappa shape index (κ3) is 2.23. The predicted octanol–water partition coefficient (Wildman–Crippen LogP) is 4.20. The molecule has 0 amide bonds. The quantitative estimate of drug-likeness (QED) is 0.562. The number of esters is 1. The van der Waals surface area contributed by atoms with Crippen molar-refractivity contribution < 1.29 is 9.53 Å². The predicted molar refractivity (Wildman–Crippen MR) is 77.7 cm³/mol. The van der Waals surface area contributed by atoms with Crippen molar-refractivity contribution in [2.45, 2.75) is 53.4 Å². The van der Waals surface area contributed by atoms with Crippen LogP contribution in [0.4, 0.5) is 0 Å². The lowest BCUT2D eigenvalue weighted by atomic mass is 9.63. The second kappa shape index (κ2) is 4.96. The van der Waals surface area contributed by atoms with Gasteiger partial charge in [0.2, 0.25) is 0 Å². The summed E-state index contributed by atoms with van der Waals surface area (Å²) in [5.74, 6) is 2.06. The van der Waals surface area contributed by atoms with Crippen LogP contribution in [0.5, 0.6) is 0 Å². The smallest absolute Gasteiger partial charge is 0.330 e. The maximum absolute atomic E-state index is 11.2. The molecular formula is C17H28O2. The molecule has 0 bridgehead atoms. The van der Waals surface area contributed by atoms with Gasteiger partial charge in [0.1, 0.15) is 0 Å². The molecule has 0 spiro atoms. The number of hydrogen-bond donors (Lipinski definition) is 0. The van der Waals surface area contributed by atoms with E-state index in [0.29, 0.717) is 23.4 Å². The number of hydrogen-bond acceptors (Lipinski definition) is 2. The fourth-order valence-corrected chi connectivity index (χ4v) is 4.78. The van der Waals surface area contributed by atoms with E-state index < -0.39 is 0 Å². The third-order valence-electron chi connectivity index (χ3n) is 6.44. The van der Waals surface area contributed by atoms with Gasteiger partial charge < -0.3 is 4.74 Å². The minimum Gasteiger partial charge on any atom is -0.463 e. The number of carbonyl (C=O) groups excluding carboxylic acids is 1. The molecule has 2 aliphatic rings. The van der Waals surface area contributed by atoms with Crippen molar-refractivity contribution in [3.8, 4) is 0 Å². The molecule has 2 fully saturated rings. The maximum atomic E-state index is 11.2. The van der Waals surface area contributed by atoms with Gasteiger partial charge in [-0.05, 0) is 47.8 Å². The molecule has 0 aromatic carbocycles. The molecule has 2 aliphatic carbocycles. The van der Waals surface area contributed by atoms with Gasteiger partial charge >= 0.3 is 5.97 Å². The van der Waals surface area contributed by atoms with Crippen LogP contribution in [-0.4, -0.2) is 12.6 Å². The van der Waals surface area contributed by atoms with Crippen LogP contribution in [0.3, 0.4) is 0 Å². The van der Waals surface area contributed by atoms with Crippen molar-refractivity contribution in [2.75, 3.05) is 6.61 Å². The normalized spacial score (nSPS) is 34.8. The number of carbonyl (C=O) groups is 1. The zero-order chi connectivity index (χ0) is 14.3. The van der Waals surface area contributed by atoms with Gasteiger partial charge in [0.25, 0.3) is 0 Å². The van der Waals surface area contributed by atoms with Crippen LogP contribution in [0.2, 0.25) is 0 Å². The molecule has 3 atom stereocenters. The molecule has 0 saturated heterocycles.